The number of fused-ring (bicyclic) bond motifs is 1. The van der Waals surface area contributed by atoms with Crippen molar-refractivity contribution in [3.8, 4) is 5.88 Å². The highest BCUT2D eigenvalue weighted by molar-refractivity contribution is 7.91. The summed E-state index contributed by atoms with van der Waals surface area (Å²) in [6, 6.07) is 13.2. The van der Waals surface area contributed by atoms with Crippen LogP contribution in [0.5, 0.6) is 5.88 Å². The number of aryl methyl sites for hydroxylation is 1. The van der Waals surface area contributed by atoms with Crippen molar-refractivity contribution in [2.45, 2.75) is 43.4 Å². The third-order valence-corrected chi connectivity index (χ3v) is 8.21. The molecule has 1 aliphatic carbocycles. The Bertz CT molecular complexity index is 1370. The normalized spacial score (nSPS) is 17.5. The average molecular weight is 494 g/mol. The fraction of sp³-hybridized carbons (Fsp3) is 0.308. The van der Waals surface area contributed by atoms with Gasteiger partial charge < -0.3 is 10.1 Å². The van der Waals surface area contributed by atoms with Crippen molar-refractivity contribution in [3.63, 3.8) is 0 Å². The largest absolute Gasteiger partial charge is 0.481 e. The van der Waals surface area contributed by atoms with Gasteiger partial charge in [-0.2, -0.15) is 0 Å². The first-order valence-electron chi connectivity index (χ1n) is 11.3. The minimum absolute atomic E-state index is 0.0233. The summed E-state index contributed by atoms with van der Waals surface area (Å²) in [5.41, 5.74) is 2.00. The van der Waals surface area contributed by atoms with Gasteiger partial charge >= 0.3 is 0 Å². The summed E-state index contributed by atoms with van der Waals surface area (Å²) in [6.07, 6.45) is 2.91. The Morgan fingerprint density at radius 2 is 1.86 bits per heavy atom. The molecule has 1 amide bonds. The van der Waals surface area contributed by atoms with E-state index in [2.05, 4.69) is 15.3 Å². The second-order valence-corrected chi connectivity index (χ2v) is 11.0. The van der Waals surface area contributed by atoms with E-state index < -0.39 is 15.3 Å². The lowest BCUT2D eigenvalue weighted by Gasteiger charge is -2.33. The number of hydrogen-bond donors (Lipinski definition) is 1. The summed E-state index contributed by atoms with van der Waals surface area (Å²) in [6.45, 7) is 3.50. The minimum Gasteiger partial charge on any atom is -0.481 e. The van der Waals surface area contributed by atoms with Crippen LogP contribution in [0, 0.1) is 0 Å². The molecular formula is C26H27N3O5S. The van der Waals surface area contributed by atoms with E-state index in [4.69, 9.17) is 4.74 Å². The lowest BCUT2D eigenvalue weighted by atomic mass is 9.69. The summed E-state index contributed by atoms with van der Waals surface area (Å²) < 4.78 is 29.0. The Labute approximate surface area is 204 Å². The SMILES string of the molecule is CCS(=O)(=O)c1ccc(CC(=O)Nc2ccc3c(n2)CCC(C)(c2ccc(OC)nc2)C3=O)cc1. The number of rotatable bonds is 7. The van der Waals surface area contributed by atoms with Crippen LogP contribution < -0.4 is 10.1 Å². The molecule has 1 unspecified atom stereocenters. The van der Waals surface area contributed by atoms with Crippen LogP contribution in [0.3, 0.4) is 0 Å². The molecule has 0 fully saturated rings. The summed E-state index contributed by atoms with van der Waals surface area (Å²) in [5.74, 6) is 0.583. The maximum Gasteiger partial charge on any atom is 0.229 e. The number of nitrogens with one attached hydrogen (secondary N) is 1. The zero-order valence-corrected chi connectivity index (χ0v) is 20.7. The van der Waals surface area contributed by atoms with Gasteiger partial charge in [0, 0.05) is 17.8 Å². The number of methoxy groups -OCH3 is 1. The molecule has 1 aromatic carbocycles. The molecular weight excluding hydrogens is 466 g/mol. The van der Waals surface area contributed by atoms with Gasteiger partial charge in [-0.1, -0.05) is 25.1 Å². The molecule has 3 aromatic rings. The van der Waals surface area contributed by atoms with E-state index in [1.165, 1.54) is 12.1 Å². The number of aromatic nitrogens is 2. The van der Waals surface area contributed by atoms with Crippen molar-refractivity contribution >= 4 is 27.3 Å². The summed E-state index contributed by atoms with van der Waals surface area (Å²) in [7, 11) is -1.74. The van der Waals surface area contributed by atoms with Gasteiger partial charge in [0.15, 0.2) is 15.6 Å². The molecule has 0 aliphatic heterocycles. The van der Waals surface area contributed by atoms with Crippen LogP contribution in [-0.4, -0.2) is 42.9 Å². The van der Waals surface area contributed by atoms with Gasteiger partial charge in [-0.05, 0) is 55.2 Å². The van der Waals surface area contributed by atoms with Crippen LogP contribution in [0.2, 0.25) is 0 Å². The van der Waals surface area contributed by atoms with Crippen LogP contribution in [0.4, 0.5) is 5.82 Å². The molecule has 0 bridgehead atoms. The highest BCUT2D eigenvalue weighted by Crippen LogP contribution is 2.38. The van der Waals surface area contributed by atoms with Crippen LogP contribution in [0.15, 0.2) is 59.6 Å². The van der Waals surface area contributed by atoms with Crippen LogP contribution in [0.1, 0.15) is 47.4 Å². The van der Waals surface area contributed by atoms with Crippen molar-refractivity contribution in [1.29, 1.82) is 0 Å². The van der Waals surface area contributed by atoms with Gasteiger partial charge in [-0.3, -0.25) is 9.59 Å². The number of benzene rings is 1. The topological polar surface area (TPSA) is 115 Å². The maximum absolute atomic E-state index is 13.4. The lowest BCUT2D eigenvalue weighted by Crippen LogP contribution is -2.38. The van der Waals surface area contributed by atoms with E-state index in [0.717, 1.165) is 5.56 Å². The fourth-order valence-electron chi connectivity index (χ4n) is 4.20. The van der Waals surface area contributed by atoms with E-state index in [-0.39, 0.29) is 28.8 Å². The predicted molar refractivity (Wildman–Crippen MR) is 132 cm³/mol. The number of ether oxygens (including phenoxy) is 1. The van der Waals surface area contributed by atoms with E-state index in [1.54, 1.807) is 50.6 Å². The third kappa shape index (κ3) is 4.95. The number of sulfone groups is 1. The van der Waals surface area contributed by atoms with Crippen molar-refractivity contribution in [2.24, 2.45) is 0 Å². The molecule has 8 nitrogen and oxygen atoms in total. The molecule has 9 heteroatoms. The number of amides is 1. The Morgan fingerprint density at radius 1 is 1.11 bits per heavy atom. The van der Waals surface area contributed by atoms with Crippen molar-refractivity contribution in [1.82, 2.24) is 9.97 Å². The first-order chi connectivity index (χ1) is 16.7. The molecule has 182 valence electrons. The van der Waals surface area contributed by atoms with Gasteiger partial charge in [-0.15, -0.1) is 0 Å². The van der Waals surface area contributed by atoms with Crippen LogP contribution in [0.25, 0.3) is 0 Å². The van der Waals surface area contributed by atoms with E-state index >= 15 is 0 Å². The molecule has 4 rings (SSSR count). The smallest absolute Gasteiger partial charge is 0.229 e. The maximum atomic E-state index is 13.4. The van der Waals surface area contributed by atoms with Gasteiger partial charge in [0.2, 0.25) is 11.8 Å². The summed E-state index contributed by atoms with van der Waals surface area (Å²) >= 11 is 0. The zero-order valence-electron chi connectivity index (χ0n) is 19.9. The second-order valence-electron chi connectivity index (χ2n) is 8.71. The fourth-order valence-corrected chi connectivity index (χ4v) is 5.09. The average Bonchev–Trinajstić information content (AvgIpc) is 2.86. The molecule has 1 N–H and O–H groups in total. The zero-order chi connectivity index (χ0) is 25.2. The first kappa shape index (κ1) is 24.5. The van der Waals surface area contributed by atoms with Crippen molar-refractivity contribution < 1.29 is 22.7 Å². The molecule has 0 radical (unpaired) electrons. The van der Waals surface area contributed by atoms with Crippen molar-refractivity contribution in [2.75, 3.05) is 18.2 Å². The summed E-state index contributed by atoms with van der Waals surface area (Å²) in [4.78, 5) is 34.9. The second kappa shape index (κ2) is 9.58. The Kier molecular flexibility index (Phi) is 6.71. The number of pyridine rings is 2. The van der Waals surface area contributed by atoms with E-state index in [1.807, 2.05) is 13.0 Å². The first-order valence-corrected chi connectivity index (χ1v) is 13.0. The minimum atomic E-state index is -3.28. The number of anilines is 1. The third-order valence-electron chi connectivity index (χ3n) is 6.46. The number of nitrogens with zero attached hydrogens (tertiary/aromatic N) is 2. The van der Waals surface area contributed by atoms with Crippen LogP contribution >= 0.6 is 0 Å². The highest BCUT2D eigenvalue weighted by Gasteiger charge is 2.40. The number of carbonyl (C=O) groups excluding carboxylic acids is 2. The standard InChI is InChI=1S/C26H27N3O5S/c1-4-35(32,33)19-8-5-17(6-9-19)15-23(30)29-22-11-10-20-21(28-22)13-14-26(2,25(20)31)18-7-12-24(34-3)27-16-18/h5-12,16H,4,13-15H2,1-3H3,(H,28,29,30). The van der Waals surface area contributed by atoms with Crippen molar-refractivity contribution in [3.05, 3.63) is 77.1 Å². The monoisotopic (exact) mass is 493 g/mol. The van der Waals surface area contributed by atoms with Gasteiger partial charge in [0.05, 0.1) is 35.3 Å². The molecule has 2 aromatic heterocycles. The lowest BCUT2D eigenvalue weighted by molar-refractivity contribution is -0.115. The number of ketones is 1. The van der Waals surface area contributed by atoms with E-state index in [0.29, 0.717) is 41.4 Å². The Morgan fingerprint density at radius 3 is 2.49 bits per heavy atom. The number of hydrogen-bond acceptors (Lipinski definition) is 7. The van der Waals surface area contributed by atoms with Crippen LogP contribution in [-0.2, 0) is 32.9 Å². The molecule has 0 saturated carbocycles. The van der Waals surface area contributed by atoms with Gasteiger partial charge in [-0.25, -0.2) is 18.4 Å². The Hall–Kier alpha value is -3.59. The molecule has 1 aliphatic rings. The highest BCUT2D eigenvalue weighted by atomic mass is 32.2. The Balaban J connectivity index is 1.46. The molecule has 0 saturated heterocycles. The van der Waals surface area contributed by atoms with Gasteiger partial charge in [0.25, 0.3) is 0 Å². The van der Waals surface area contributed by atoms with E-state index in [9.17, 15) is 18.0 Å². The molecule has 1 atom stereocenters. The predicted octanol–water partition coefficient (Wildman–Crippen LogP) is 3.55. The number of carbonyl (C=O) groups is 2. The summed E-state index contributed by atoms with van der Waals surface area (Å²) in [5, 5.41) is 2.77. The molecule has 2 heterocycles. The molecule has 0 spiro atoms. The quantitative estimate of drug-likeness (QED) is 0.535. The molecule has 35 heavy (non-hydrogen) atoms. The number of Topliss-reactive ketones (excluding diaryl/α,β-unsaturated/α-hetero) is 1. The van der Waals surface area contributed by atoms with Gasteiger partial charge in [0.1, 0.15) is 5.82 Å².